The molecular weight excluding hydrogens is 953 g/mol. The molecule has 0 fully saturated rings. The van der Waals surface area contributed by atoms with E-state index < -0.39 is 10.8 Å². The topological polar surface area (TPSA) is 6.48 Å². The molecule has 9 aromatic rings. The molecule has 4 aliphatic carbocycles. The lowest BCUT2D eigenvalue weighted by Crippen LogP contribution is -2.29. The zero-order chi connectivity index (χ0) is 53.2. The maximum Gasteiger partial charge on any atom is 0.0714 e. The van der Waals surface area contributed by atoms with E-state index in [1.807, 2.05) is 0 Å². The summed E-state index contributed by atoms with van der Waals surface area (Å²) in [6.07, 6.45) is 29.3. The highest BCUT2D eigenvalue weighted by Crippen LogP contribution is 2.60. The first-order valence-corrected chi connectivity index (χ1v) is 28.3. The van der Waals surface area contributed by atoms with Crippen molar-refractivity contribution in [3.8, 4) is 22.3 Å². The summed E-state index contributed by atoms with van der Waals surface area (Å²) in [6.45, 7) is 6.65. The van der Waals surface area contributed by atoms with E-state index in [0.29, 0.717) is 0 Å². The van der Waals surface area contributed by atoms with Crippen LogP contribution in [-0.4, -0.2) is 0 Å². The number of rotatable bonds is 14. The second kappa shape index (κ2) is 21.3. The number of hydrogen-bond donors (Lipinski definition) is 0. The van der Waals surface area contributed by atoms with Crippen molar-refractivity contribution in [3.63, 3.8) is 0 Å². The standard InChI is InChI=1S/C77H64N2/c1-3-5-27-58(4-2)76(59-28-13-6-14-29-59)72-52-56(44-48-68(72)70-50-46-66(54-74(70)76)78(62-34-19-9-20-35-62)63-36-21-10-22-37-63)42-43-57-45-49-69-71-51-47-67(79(64-38-23-11-24-39-64)65-40-25-12-26-41-65)55-75(71)77(73(69)53-57,60-30-15-7-16-31-60)61-32-17-8-18-33-61/h3-9,11,13-20,23-25,27-36,38-55H,2,10,12,21-22,26,37H2,1H3/b5-3-,43-42+,58-27+. The molecule has 0 N–H and O–H groups in total. The maximum absolute atomic E-state index is 4.56. The van der Waals surface area contributed by atoms with Crippen LogP contribution in [0.2, 0.25) is 0 Å². The van der Waals surface area contributed by atoms with Gasteiger partial charge in [-0.05, 0) is 190 Å². The fraction of sp³-hybridized carbons (Fsp3) is 0.117. The first-order chi connectivity index (χ1) is 39.1. The summed E-state index contributed by atoms with van der Waals surface area (Å²) in [5.41, 5.74) is 23.2. The molecule has 4 aliphatic rings. The summed E-state index contributed by atoms with van der Waals surface area (Å²) in [5, 5.41) is 0. The van der Waals surface area contributed by atoms with E-state index in [-0.39, 0.29) is 0 Å². The van der Waals surface area contributed by atoms with Gasteiger partial charge in [0, 0.05) is 34.1 Å². The Morgan fingerprint density at radius 2 is 0.949 bits per heavy atom. The van der Waals surface area contributed by atoms with E-state index in [0.717, 1.165) is 53.8 Å². The predicted molar refractivity (Wildman–Crippen MR) is 334 cm³/mol. The Labute approximate surface area is 467 Å². The molecule has 0 saturated heterocycles. The number of fused-ring (bicyclic) bond motifs is 6. The average Bonchev–Trinajstić information content (AvgIpc) is 4.20. The monoisotopic (exact) mass is 1020 g/mol. The van der Waals surface area contributed by atoms with Gasteiger partial charge in [-0.15, -0.1) is 0 Å². The van der Waals surface area contributed by atoms with Crippen LogP contribution in [0.3, 0.4) is 0 Å². The molecule has 13 rings (SSSR count). The number of para-hydroxylation sites is 2. The van der Waals surface area contributed by atoms with Crippen molar-refractivity contribution in [2.45, 2.75) is 56.3 Å². The van der Waals surface area contributed by atoms with Crippen molar-refractivity contribution < 1.29 is 0 Å². The van der Waals surface area contributed by atoms with E-state index in [4.69, 9.17) is 0 Å². The second-order valence-electron chi connectivity index (χ2n) is 21.2. The molecule has 0 bridgehead atoms. The SMILES string of the molecule is C=C/C(=C\C=C/C)C1(c2ccccc2)c2cc(/C=C/c3ccc4c(c3)C(c3ccccc3)(c3ccccc3)c3cc(N(C5=CCCC=C5)c5ccccc5)ccc3-4)ccc2-c2ccc(N(C3=CCCCC3)c3ccccc3)cc21. The third kappa shape index (κ3) is 8.51. The average molecular weight is 1020 g/mol. The molecule has 1 unspecified atom stereocenters. The van der Waals surface area contributed by atoms with Crippen molar-refractivity contribution in [2.24, 2.45) is 0 Å². The summed E-state index contributed by atoms with van der Waals surface area (Å²) >= 11 is 0. The van der Waals surface area contributed by atoms with Crippen LogP contribution in [0, 0.1) is 0 Å². The smallest absolute Gasteiger partial charge is 0.0714 e. The molecule has 0 spiro atoms. The van der Waals surface area contributed by atoms with Gasteiger partial charge in [0.1, 0.15) is 0 Å². The van der Waals surface area contributed by atoms with Crippen molar-refractivity contribution in [2.75, 3.05) is 9.80 Å². The van der Waals surface area contributed by atoms with Gasteiger partial charge in [-0.3, -0.25) is 0 Å². The lowest BCUT2D eigenvalue weighted by Gasteiger charge is -2.36. The van der Waals surface area contributed by atoms with Gasteiger partial charge in [0.05, 0.1) is 10.8 Å². The highest BCUT2D eigenvalue weighted by atomic mass is 15.2. The van der Waals surface area contributed by atoms with Crippen molar-refractivity contribution in [1.29, 1.82) is 0 Å². The Balaban J connectivity index is 0.964. The fourth-order valence-electron chi connectivity index (χ4n) is 13.4. The van der Waals surface area contributed by atoms with Crippen molar-refractivity contribution in [1.82, 2.24) is 0 Å². The van der Waals surface area contributed by atoms with E-state index in [1.165, 1.54) is 96.8 Å². The molecule has 0 heterocycles. The van der Waals surface area contributed by atoms with Gasteiger partial charge in [-0.25, -0.2) is 0 Å². The third-order valence-electron chi connectivity index (χ3n) is 16.8. The van der Waals surface area contributed by atoms with Crippen LogP contribution in [0.4, 0.5) is 22.7 Å². The molecule has 382 valence electrons. The molecule has 0 aromatic heterocycles. The first kappa shape index (κ1) is 49.3. The summed E-state index contributed by atoms with van der Waals surface area (Å²) in [4.78, 5) is 4.93. The molecule has 1 atom stereocenters. The molecule has 9 aromatic carbocycles. The van der Waals surface area contributed by atoms with Crippen LogP contribution in [0.1, 0.15) is 95.5 Å². The molecule has 0 radical (unpaired) electrons. The summed E-state index contributed by atoms with van der Waals surface area (Å²) in [6, 6.07) is 83.8. The molecule has 0 amide bonds. The lowest BCUT2D eigenvalue weighted by molar-refractivity contribution is 0.690. The van der Waals surface area contributed by atoms with Crippen LogP contribution in [-0.2, 0) is 10.8 Å². The Bertz CT molecular complexity index is 3870. The van der Waals surface area contributed by atoms with Crippen molar-refractivity contribution >= 4 is 34.9 Å². The van der Waals surface area contributed by atoms with Gasteiger partial charge in [0.2, 0.25) is 0 Å². The summed E-state index contributed by atoms with van der Waals surface area (Å²) < 4.78 is 0. The van der Waals surface area contributed by atoms with Crippen LogP contribution >= 0.6 is 0 Å². The highest BCUT2D eigenvalue weighted by molar-refractivity contribution is 5.92. The van der Waals surface area contributed by atoms with Crippen LogP contribution in [0.25, 0.3) is 34.4 Å². The number of hydrogen-bond acceptors (Lipinski definition) is 2. The minimum absolute atomic E-state index is 0.594. The van der Waals surface area contributed by atoms with E-state index in [1.54, 1.807) is 0 Å². The summed E-state index contributed by atoms with van der Waals surface area (Å²) in [7, 11) is 0. The molecule has 0 aliphatic heterocycles. The van der Waals surface area contributed by atoms with E-state index in [9.17, 15) is 0 Å². The third-order valence-corrected chi connectivity index (χ3v) is 16.8. The zero-order valence-electron chi connectivity index (χ0n) is 45.0. The molecule has 79 heavy (non-hydrogen) atoms. The van der Waals surface area contributed by atoms with Gasteiger partial charge < -0.3 is 9.80 Å². The largest absolute Gasteiger partial charge is 0.315 e. The second-order valence-corrected chi connectivity index (χ2v) is 21.2. The first-order valence-electron chi connectivity index (χ1n) is 28.3. The Kier molecular flexibility index (Phi) is 13.3. The summed E-state index contributed by atoms with van der Waals surface area (Å²) in [5.74, 6) is 0. The molecule has 0 saturated carbocycles. The number of benzene rings is 9. The molecule has 2 heteroatoms. The Morgan fingerprint density at radius 3 is 1.49 bits per heavy atom. The van der Waals surface area contributed by atoms with Gasteiger partial charge in [0.15, 0.2) is 0 Å². The number of allylic oxidation sites excluding steroid dienone is 10. The predicted octanol–water partition coefficient (Wildman–Crippen LogP) is 20.2. The lowest BCUT2D eigenvalue weighted by atomic mass is 9.66. The van der Waals surface area contributed by atoms with Crippen LogP contribution in [0.15, 0.2) is 297 Å². The maximum atomic E-state index is 4.56. The zero-order valence-corrected chi connectivity index (χ0v) is 45.0. The highest BCUT2D eigenvalue weighted by Gasteiger charge is 2.48. The number of nitrogens with zero attached hydrogens (tertiary/aromatic N) is 2. The Hall–Kier alpha value is -9.24. The minimum atomic E-state index is -0.653. The van der Waals surface area contributed by atoms with E-state index in [2.05, 4.69) is 309 Å². The molecular formula is C77H64N2. The number of anilines is 4. The van der Waals surface area contributed by atoms with Gasteiger partial charge in [-0.2, -0.15) is 0 Å². The Morgan fingerprint density at radius 1 is 0.456 bits per heavy atom. The van der Waals surface area contributed by atoms with Crippen LogP contribution in [0.5, 0.6) is 0 Å². The normalized spacial score (nSPS) is 16.9. The van der Waals surface area contributed by atoms with Gasteiger partial charge in [-0.1, -0.05) is 225 Å². The van der Waals surface area contributed by atoms with Crippen molar-refractivity contribution in [3.05, 3.63) is 347 Å². The van der Waals surface area contributed by atoms with Gasteiger partial charge >= 0.3 is 0 Å². The molecule has 2 nitrogen and oxygen atoms in total. The van der Waals surface area contributed by atoms with Crippen LogP contribution < -0.4 is 9.80 Å². The van der Waals surface area contributed by atoms with Gasteiger partial charge in [0.25, 0.3) is 0 Å². The van der Waals surface area contributed by atoms with E-state index >= 15 is 0 Å². The quantitative estimate of drug-likeness (QED) is 0.0791. The minimum Gasteiger partial charge on any atom is -0.315 e. The fourth-order valence-corrected chi connectivity index (χ4v) is 13.4.